The summed E-state index contributed by atoms with van der Waals surface area (Å²) in [6.07, 6.45) is -2.43. The van der Waals surface area contributed by atoms with Gasteiger partial charge in [-0.05, 0) is 37.0 Å². The highest BCUT2D eigenvalue weighted by atomic mass is 16.6. The van der Waals surface area contributed by atoms with Crippen LogP contribution in [0.1, 0.15) is 92.6 Å². The molecule has 5 aliphatic rings. The average Bonchev–Trinajstić information content (AvgIpc) is 3.73. The lowest BCUT2D eigenvalue weighted by atomic mass is 9.47. The van der Waals surface area contributed by atoms with Gasteiger partial charge in [-0.2, -0.15) is 0 Å². The van der Waals surface area contributed by atoms with Gasteiger partial charge in [-0.3, -0.25) is 24.0 Å². The van der Waals surface area contributed by atoms with Crippen molar-refractivity contribution in [2.45, 2.75) is 129 Å². The zero-order valence-corrected chi connectivity index (χ0v) is 30.9. The maximum Gasteiger partial charge on any atom is 0.348 e. The molecule has 0 bridgehead atoms. The molecule has 1 aromatic rings. The van der Waals surface area contributed by atoms with E-state index in [1.165, 1.54) is 33.3 Å². The maximum absolute atomic E-state index is 14.4. The van der Waals surface area contributed by atoms with Gasteiger partial charge in [-0.1, -0.05) is 34.3 Å². The van der Waals surface area contributed by atoms with E-state index in [0.717, 1.165) is 0 Å². The molecule has 3 aliphatic heterocycles. The number of ether oxygens (including phenoxy) is 7. The van der Waals surface area contributed by atoms with Gasteiger partial charge in [-0.15, -0.1) is 0 Å². The Kier molecular flexibility index (Phi) is 9.41. The number of rotatable bonds is 8. The molecule has 0 aromatic carbocycles. The predicted molar refractivity (Wildman–Crippen MR) is 177 cm³/mol. The SMILES string of the molecule is C=C1C2C(OC3CC(=O)OC4(C)COC(=O)CC4C32C)C(OC(=O)C(OC(C)=O)C(C)CC)C2(C)C(c3ccoc3)CC(OC(C)=O)C12OC(C)=O. The summed E-state index contributed by atoms with van der Waals surface area (Å²) in [5.74, 6) is -6.63. The lowest BCUT2D eigenvalue weighted by Crippen LogP contribution is -2.70. The number of fused-ring (bicyclic) bond motifs is 6. The van der Waals surface area contributed by atoms with Gasteiger partial charge >= 0.3 is 35.8 Å². The number of carbonyl (C=O) groups excluding carboxylic acids is 6. The molecule has 0 radical (unpaired) electrons. The lowest BCUT2D eigenvalue weighted by Gasteiger charge is -2.60. The Bertz CT molecular complexity index is 1670. The van der Waals surface area contributed by atoms with Crippen LogP contribution < -0.4 is 0 Å². The first-order valence-corrected chi connectivity index (χ1v) is 17.8. The smallest absolute Gasteiger partial charge is 0.348 e. The topological polar surface area (TPSA) is 180 Å². The number of carbonyl (C=O) groups is 6. The van der Waals surface area contributed by atoms with Crippen molar-refractivity contribution in [3.8, 4) is 0 Å². The zero-order chi connectivity index (χ0) is 38.1. The third kappa shape index (κ3) is 5.46. The van der Waals surface area contributed by atoms with E-state index in [-0.39, 0.29) is 25.9 Å². The van der Waals surface area contributed by atoms with Gasteiger partial charge in [0.15, 0.2) is 5.60 Å². The van der Waals surface area contributed by atoms with Gasteiger partial charge in [-0.25, -0.2) is 4.79 Å². The van der Waals surface area contributed by atoms with Crippen molar-refractivity contribution in [3.05, 3.63) is 36.3 Å². The van der Waals surface area contributed by atoms with Gasteiger partial charge in [0, 0.05) is 49.9 Å². The molecular formula is C38H48O14. The fourth-order valence-electron chi connectivity index (χ4n) is 10.4. The van der Waals surface area contributed by atoms with E-state index < -0.39 is 112 Å². The molecule has 2 saturated carbocycles. The molecule has 14 heteroatoms. The van der Waals surface area contributed by atoms with Crippen molar-refractivity contribution in [2.24, 2.45) is 28.6 Å². The largest absolute Gasteiger partial charge is 0.472 e. The summed E-state index contributed by atoms with van der Waals surface area (Å²) in [4.78, 5) is 79.4. The monoisotopic (exact) mass is 728 g/mol. The van der Waals surface area contributed by atoms with Crippen LogP contribution in [-0.2, 0) is 61.9 Å². The van der Waals surface area contributed by atoms with Crippen LogP contribution in [0, 0.1) is 28.6 Å². The predicted octanol–water partition coefficient (Wildman–Crippen LogP) is 4.12. The second kappa shape index (κ2) is 13.0. The molecule has 0 amide bonds. The Hall–Kier alpha value is -4.20. The Morgan fingerprint density at radius 3 is 2.31 bits per heavy atom. The van der Waals surface area contributed by atoms with Crippen LogP contribution in [0.5, 0.6) is 0 Å². The molecule has 13 unspecified atom stereocenters. The van der Waals surface area contributed by atoms with Gasteiger partial charge in [0.1, 0.15) is 30.5 Å². The van der Waals surface area contributed by atoms with Crippen LogP contribution in [0.25, 0.3) is 0 Å². The van der Waals surface area contributed by atoms with Crippen LogP contribution >= 0.6 is 0 Å². The molecule has 0 N–H and O–H groups in total. The summed E-state index contributed by atoms with van der Waals surface area (Å²) in [5.41, 5.74) is -4.77. The molecule has 6 rings (SSSR count). The first-order chi connectivity index (χ1) is 24.3. The molecule has 5 fully saturated rings. The van der Waals surface area contributed by atoms with E-state index in [9.17, 15) is 28.8 Å². The van der Waals surface area contributed by atoms with Crippen LogP contribution in [0.3, 0.4) is 0 Å². The summed E-state index contributed by atoms with van der Waals surface area (Å²) in [5, 5.41) is 0. The van der Waals surface area contributed by atoms with Crippen LogP contribution in [0.15, 0.2) is 35.2 Å². The zero-order valence-electron chi connectivity index (χ0n) is 30.9. The van der Waals surface area contributed by atoms with Gasteiger partial charge < -0.3 is 37.6 Å². The fraction of sp³-hybridized carbons (Fsp3) is 0.684. The molecular weight excluding hydrogens is 680 g/mol. The Labute approximate surface area is 302 Å². The second-order valence-corrected chi connectivity index (χ2v) is 15.7. The lowest BCUT2D eigenvalue weighted by molar-refractivity contribution is -0.238. The normalized spacial score (nSPS) is 40.3. The van der Waals surface area contributed by atoms with E-state index in [0.29, 0.717) is 17.6 Å². The highest BCUT2D eigenvalue weighted by Gasteiger charge is 2.81. The maximum atomic E-state index is 14.4. The number of esters is 6. The van der Waals surface area contributed by atoms with Crippen molar-refractivity contribution in [1.82, 2.24) is 0 Å². The third-order valence-corrected chi connectivity index (χ3v) is 12.7. The van der Waals surface area contributed by atoms with Crippen molar-refractivity contribution >= 4 is 35.8 Å². The molecule has 4 heterocycles. The summed E-state index contributed by atoms with van der Waals surface area (Å²) < 4.78 is 48.5. The van der Waals surface area contributed by atoms with E-state index in [1.54, 1.807) is 26.8 Å². The first kappa shape index (κ1) is 37.6. The third-order valence-electron chi connectivity index (χ3n) is 12.7. The summed E-state index contributed by atoms with van der Waals surface area (Å²) >= 11 is 0. The molecule has 3 saturated heterocycles. The van der Waals surface area contributed by atoms with Crippen molar-refractivity contribution < 1.29 is 66.3 Å². The minimum absolute atomic E-state index is 0.101. The molecule has 2 aliphatic carbocycles. The van der Waals surface area contributed by atoms with Gasteiger partial charge in [0.05, 0.1) is 36.9 Å². The molecule has 284 valence electrons. The highest BCUT2D eigenvalue weighted by Crippen LogP contribution is 2.73. The van der Waals surface area contributed by atoms with Gasteiger partial charge in [0.2, 0.25) is 6.10 Å². The van der Waals surface area contributed by atoms with Crippen LogP contribution in [-0.4, -0.2) is 84.1 Å². The molecule has 52 heavy (non-hydrogen) atoms. The quantitative estimate of drug-likeness (QED) is 0.212. The van der Waals surface area contributed by atoms with Crippen molar-refractivity contribution in [2.75, 3.05) is 6.61 Å². The Morgan fingerprint density at radius 1 is 1.00 bits per heavy atom. The minimum atomic E-state index is -1.85. The van der Waals surface area contributed by atoms with Crippen LogP contribution in [0.4, 0.5) is 0 Å². The van der Waals surface area contributed by atoms with Crippen LogP contribution in [0.2, 0.25) is 0 Å². The van der Waals surface area contributed by atoms with E-state index in [2.05, 4.69) is 6.58 Å². The minimum Gasteiger partial charge on any atom is -0.472 e. The average molecular weight is 729 g/mol. The number of cyclic esters (lactones) is 1. The van der Waals surface area contributed by atoms with E-state index >= 15 is 0 Å². The van der Waals surface area contributed by atoms with E-state index in [1.807, 2.05) is 13.8 Å². The number of hydrogen-bond acceptors (Lipinski definition) is 14. The molecule has 14 nitrogen and oxygen atoms in total. The first-order valence-electron chi connectivity index (χ1n) is 17.8. The fourth-order valence-corrected chi connectivity index (χ4v) is 10.4. The molecule has 0 spiro atoms. The van der Waals surface area contributed by atoms with Crippen molar-refractivity contribution in [3.63, 3.8) is 0 Å². The summed E-state index contributed by atoms with van der Waals surface area (Å²) in [6, 6.07) is 1.73. The second-order valence-electron chi connectivity index (χ2n) is 15.7. The van der Waals surface area contributed by atoms with Gasteiger partial charge in [0.25, 0.3) is 0 Å². The summed E-state index contributed by atoms with van der Waals surface area (Å²) in [6.45, 7) is 17.1. The standard InChI is InChI=1S/C38H48O14/c1-10-18(2)31(48-21(5)40)34(44)50-33-32-30(36(8)25-14-28(42)46-17-35(25,7)52-29(43)15-26(36)49-32)19(3)38(51-22(6)41)27(47-20(4)39)13-24(37(33,38)9)23-11-12-45-16-23/h11-12,16,18,24-27,30-33H,3,10,13-15,17H2,1-2,4-9H3. The highest BCUT2D eigenvalue weighted by molar-refractivity contribution is 5.79. The Balaban J connectivity index is 1.63. The molecule has 13 atom stereocenters. The molecule has 1 aromatic heterocycles. The van der Waals surface area contributed by atoms with E-state index in [4.69, 9.17) is 37.6 Å². The summed E-state index contributed by atoms with van der Waals surface area (Å²) in [7, 11) is 0. The van der Waals surface area contributed by atoms with Crippen molar-refractivity contribution in [1.29, 1.82) is 0 Å². The Morgan fingerprint density at radius 2 is 1.71 bits per heavy atom. The number of furan rings is 1. The number of hydrogen-bond donors (Lipinski definition) is 0.